The molecule has 86 valence electrons. The van der Waals surface area contributed by atoms with E-state index in [9.17, 15) is 5.11 Å². The standard InChI is InChI=1S/C14H18O2/c1-11(2)10-16-13-6-4-3-5-12(13)9-14(15)7-8-14/h3-6,15H,1,7-10H2,2H3. The van der Waals surface area contributed by atoms with Gasteiger partial charge in [-0.2, -0.15) is 0 Å². The molecule has 2 heteroatoms. The number of ether oxygens (including phenoxy) is 1. The van der Waals surface area contributed by atoms with Crippen molar-refractivity contribution in [1.82, 2.24) is 0 Å². The van der Waals surface area contributed by atoms with Crippen molar-refractivity contribution in [2.75, 3.05) is 6.61 Å². The van der Waals surface area contributed by atoms with E-state index < -0.39 is 5.60 Å². The maximum Gasteiger partial charge on any atom is 0.123 e. The molecule has 0 spiro atoms. The second kappa shape index (κ2) is 4.30. The molecule has 2 rings (SSSR count). The Balaban J connectivity index is 2.07. The summed E-state index contributed by atoms with van der Waals surface area (Å²) in [6.45, 7) is 6.29. The molecule has 0 atom stereocenters. The predicted octanol–water partition coefficient (Wildman–Crippen LogP) is 2.71. The highest BCUT2D eigenvalue weighted by atomic mass is 16.5. The van der Waals surface area contributed by atoms with Crippen LogP contribution < -0.4 is 4.74 Å². The van der Waals surface area contributed by atoms with Crippen molar-refractivity contribution < 1.29 is 9.84 Å². The number of hydrogen-bond donors (Lipinski definition) is 1. The molecule has 1 aromatic carbocycles. The molecule has 1 aliphatic rings. The van der Waals surface area contributed by atoms with Crippen LogP contribution in [0.5, 0.6) is 5.75 Å². The van der Waals surface area contributed by atoms with Gasteiger partial charge in [-0.15, -0.1) is 0 Å². The van der Waals surface area contributed by atoms with Crippen molar-refractivity contribution in [3.8, 4) is 5.75 Å². The normalized spacial score (nSPS) is 16.9. The minimum atomic E-state index is -0.470. The van der Waals surface area contributed by atoms with E-state index in [1.165, 1.54) is 0 Å². The molecule has 0 heterocycles. The summed E-state index contributed by atoms with van der Waals surface area (Å²) in [6.07, 6.45) is 2.50. The Morgan fingerprint density at radius 1 is 1.44 bits per heavy atom. The van der Waals surface area contributed by atoms with E-state index in [-0.39, 0.29) is 0 Å². The quantitative estimate of drug-likeness (QED) is 0.770. The fraction of sp³-hybridized carbons (Fsp3) is 0.429. The average Bonchev–Trinajstić information content (AvgIpc) is 2.95. The first kappa shape index (κ1) is 11.2. The number of rotatable bonds is 5. The van der Waals surface area contributed by atoms with Crippen LogP contribution in [0.4, 0.5) is 0 Å². The van der Waals surface area contributed by atoms with E-state index >= 15 is 0 Å². The molecule has 0 amide bonds. The number of benzene rings is 1. The van der Waals surface area contributed by atoms with Crippen molar-refractivity contribution in [3.63, 3.8) is 0 Å². The third-order valence-corrected chi connectivity index (χ3v) is 2.79. The summed E-state index contributed by atoms with van der Waals surface area (Å²) in [4.78, 5) is 0. The van der Waals surface area contributed by atoms with Crippen LogP contribution in [-0.2, 0) is 6.42 Å². The molecule has 0 radical (unpaired) electrons. The SMILES string of the molecule is C=C(C)COc1ccccc1CC1(O)CC1. The van der Waals surface area contributed by atoms with Gasteiger partial charge in [0, 0.05) is 6.42 Å². The van der Waals surface area contributed by atoms with Crippen LogP contribution in [0.25, 0.3) is 0 Å². The highest BCUT2D eigenvalue weighted by molar-refractivity contribution is 5.35. The van der Waals surface area contributed by atoms with Gasteiger partial charge in [0.05, 0.1) is 5.60 Å². The minimum Gasteiger partial charge on any atom is -0.489 e. The molecule has 0 aromatic heterocycles. The zero-order valence-corrected chi connectivity index (χ0v) is 9.70. The zero-order chi connectivity index (χ0) is 11.6. The Hall–Kier alpha value is -1.28. The van der Waals surface area contributed by atoms with Gasteiger partial charge in [0.25, 0.3) is 0 Å². The second-order valence-electron chi connectivity index (χ2n) is 4.75. The summed E-state index contributed by atoms with van der Waals surface area (Å²) >= 11 is 0. The summed E-state index contributed by atoms with van der Waals surface area (Å²) in [5.74, 6) is 0.867. The van der Waals surface area contributed by atoms with Gasteiger partial charge in [-0.1, -0.05) is 24.8 Å². The number of hydrogen-bond acceptors (Lipinski definition) is 2. The molecule has 0 saturated heterocycles. The topological polar surface area (TPSA) is 29.5 Å². The Labute approximate surface area is 96.6 Å². The highest BCUT2D eigenvalue weighted by Crippen LogP contribution is 2.39. The fourth-order valence-corrected chi connectivity index (χ4v) is 1.67. The van der Waals surface area contributed by atoms with Crippen molar-refractivity contribution >= 4 is 0 Å². The lowest BCUT2D eigenvalue weighted by Crippen LogP contribution is -2.12. The summed E-state index contributed by atoms with van der Waals surface area (Å²) in [5.41, 5.74) is 1.62. The molecule has 1 fully saturated rings. The maximum atomic E-state index is 9.91. The highest BCUT2D eigenvalue weighted by Gasteiger charge is 2.40. The zero-order valence-electron chi connectivity index (χ0n) is 9.70. The van der Waals surface area contributed by atoms with E-state index in [0.717, 1.165) is 29.7 Å². The maximum absolute atomic E-state index is 9.91. The number of aliphatic hydroxyl groups is 1. The summed E-state index contributed by atoms with van der Waals surface area (Å²) in [7, 11) is 0. The van der Waals surface area contributed by atoms with Crippen LogP contribution in [0, 0.1) is 0 Å². The van der Waals surface area contributed by atoms with E-state index in [1.54, 1.807) is 0 Å². The molecule has 1 aliphatic carbocycles. The van der Waals surface area contributed by atoms with Crippen LogP contribution in [0.15, 0.2) is 36.4 Å². The Kier molecular flexibility index (Phi) is 3.01. The van der Waals surface area contributed by atoms with Gasteiger partial charge in [-0.25, -0.2) is 0 Å². The molecular formula is C14H18O2. The first-order valence-electron chi connectivity index (χ1n) is 5.67. The third kappa shape index (κ3) is 2.86. The molecule has 0 bridgehead atoms. The molecule has 0 aliphatic heterocycles. The van der Waals surface area contributed by atoms with Gasteiger partial charge in [-0.05, 0) is 37.0 Å². The first-order valence-corrected chi connectivity index (χ1v) is 5.67. The Bertz CT molecular complexity index is 391. The van der Waals surface area contributed by atoms with Gasteiger partial charge in [0.1, 0.15) is 12.4 Å². The predicted molar refractivity (Wildman–Crippen MR) is 64.6 cm³/mol. The van der Waals surface area contributed by atoms with Crippen molar-refractivity contribution in [3.05, 3.63) is 42.0 Å². The van der Waals surface area contributed by atoms with Crippen LogP contribution in [0.2, 0.25) is 0 Å². The Morgan fingerprint density at radius 2 is 2.12 bits per heavy atom. The van der Waals surface area contributed by atoms with Crippen LogP contribution in [0.1, 0.15) is 25.3 Å². The Morgan fingerprint density at radius 3 is 2.75 bits per heavy atom. The second-order valence-corrected chi connectivity index (χ2v) is 4.75. The van der Waals surface area contributed by atoms with Gasteiger partial charge in [0.2, 0.25) is 0 Å². The average molecular weight is 218 g/mol. The van der Waals surface area contributed by atoms with Crippen molar-refractivity contribution in [2.45, 2.75) is 31.8 Å². The van der Waals surface area contributed by atoms with Gasteiger partial charge in [0.15, 0.2) is 0 Å². The largest absolute Gasteiger partial charge is 0.489 e. The molecule has 1 aromatic rings. The van der Waals surface area contributed by atoms with Crippen LogP contribution in [0.3, 0.4) is 0 Å². The lowest BCUT2D eigenvalue weighted by atomic mass is 10.1. The first-order chi connectivity index (χ1) is 7.59. The molecular weight excluding hydrogens is 200 g/mol. The van der Waals surface area contributed by atoms with Crippen LogP contribution in [-0.4, -0.2) is 17.3 Å². The summed E-state index contributed by atoms with van der Waals surface area (Å²) in [5, 5.41) is 9.91. The molecule has 16 heavy (non-hydrogen) atoms. The third-order valence-electron chi connectivity index (χ3n) is 2.79. The lowest BCUT2D eigenvalue weighted by Gasteiger charge is -2.13. The minimum absolute atomic E-state index is 0.470. The van der Waals surface area contributed by atoms with E-state index in [0.29, 0.717) is 13.0 Å². The monoisotopic (exact) mass is 218 g/mol. The van der Waals surface area contributed by atoms with E-state index in [1.807, 2.05) is 31.2 Å². The number of para-hydroxylation sites is 1. The van der Waals surface area contributed by atoms with E-state index in [2.05, 4.69) is 6.58 Å². The fourth-order valence-electron chi connectivity index (χ4n) is 1.67. The molecule has 1 N–H and O–H groups in total. The van der Waals surface area contributed by atoms with Gasteiger partial charge < -0.3 is 9.84 Å². The molecule has 2 nitrogen and oxygen atoms in total. The van der Waals surface area contributed by atoms with Crippen molar-refractivity contribution in [2.24, 2.45) is 0 Å². The van der Waals surface area contributed by atoms with Crippen LogP contribution >= 0.6 is 0 Å². The van der Waals surface area contributed by atoms with E-state index in [4.69, 9.17) is 4.74 Å². The molecule has 1 saturated carbocycles. The summed E-state index contributed by atoms with van der Waals surface area (Å²) in [6, 6.07) is 7.90. The lowest BCUT2D eigenvalue weighted by molar-refractivity contribution is 0.149. The summed E-state index contributed by atoms with van der Waals surface area (Å²) < 4.78 is 5.66. The van der Waals surface area contributed by atoms with Crippen molar-refractivity contribution in [1.29, 1.82) is 0 Å². The smallest absolute Gasteiger partial charge is 0.123 e. The van der Waals surface area contributed by atoms with Gasteiger partial charge >= 0.3 is 0 Å². The molecule has 0 unspecified atom stereocenters. The van der Waals surface area contributed by atoms with Gasteiger partial charge in [-0.3, -0.25) is 0 Å².